The number of hydrogen-bond donors (Lipinski definition) is 1. The van der Waals surface area contributed by atoms with Gasteiger partial charge in [-0.3, -0.25) is 0 Å². The van der Waals surface area contributed by atoms with Crippen LogP contribution in [0, 0.1) is 0 Å². The van der Waals surface area contributed by atoms with Crippen molar-refractivity contribution in [2.24, 2.45) is 0 Å². The van der Waals surface area contributed by atoms with Gasteiger partial charge < -0.3 is 15.0 Å². The van der Waals surface area contributed by atoms with Crippen molar-refractivity contribution < 1.29 is 9.26 Å². The Balaban J connectivity index is 2.43. The monoisotopic (exact) mass is 191 g/mol. The van der Waals surface area contributed by atoms with Crippen molar-refractivity contribution in [1.82, 2.24) is 10.1 Å². The van der Waals surface area contributed by atoms with Gasteiger partial charge in [0.1, 0.15) is 5.75 Å². The molecular formula is C9H9N3O2. The summed E-state index contributed by atoms with van der Waals surface area (Å²) in [5.41, 5.74) is 7.08. The summed E-state index contributed by atoms with van der Waals surface area (Å²) in [7, 11) is 1.57. The maximum absolute atomic E-state index is 5.73. The Bertz CT molecular complexity index is 426. The number of nitrogen functional groups attached to an aromatic ring is 1. The van der Waals surface area contributed by atoms with Crippen LogP contribution in [-0.4, -0.2) is 17.3 Å². The predicted octanol–water partition coefficient (Wildman–Crippen LogP) is 1.33. The number of ether oxygens (including phenoxy) is 1. The van der Waals surface area contributed by atoms with Gasteiger partial charge in [0.2, 0.25) is 12.2 Å². The third kappa shape index (κ3) is 1.39. The molecule has 0 unspecified atom stereocenters. The van der Waals surface area contributed by atoms with Gasteiger partial charge in [0.25, 0.3) is 0 Å². The second-order valence-electron chi connectivity index (χ2n) is 2.71. The summed E-state index contributed by atoms with van der Waals surface area (Å²) in [4.78, 5) is 3.91. The minimum atomic E-state index is 0.513. The molecule has 5 nitrogen and oxygen atoms in total. The van der Waals surface area contributed by atoms with Crippen molar-refractivity contribution in [3.05, 3.63) is 24.6 Å². The molecule has 1 aromatic heterocycles. The Morgan fingerprint density at radius 1 is 1.43 bits per heavy atom. The molecule has 1 aromatic carbocycles. The lowest BCUT2D eigenvalue weighted by atomic mass is 10.2. The smallest absolute Gasteiger partial charge is 0.214 e. The molecule has 72 valence electrons. The summed E-state index contributed by atoms with van der Waals surface area (Å²) in [6.45, 7) is 0. The van der Waals surface area contributed by atoms with Gasteiger partial charge in [0.05, 0.1) is 12.8 Å². The molecule has 14 heavy (non-hydrogen) atoms. The number of nitrogens with zero attached hydrogens (tertiary/aromatic N) is 2. The summed E-state index contributed by atoms with van der Waals surface area (Å²) < 4.78 is 9.66. The SMILES string of the molecule is COc1ccc(-c2ncon2)cc1N. The summed E-state index contributed by atoms with van der Waals surface area (Å²) in [6, 6.07) is 5.32. The van der Waals surface area contributed by atoms with E-state index in [4.69, 9.17) is 10.5 Å². The highest BCUT2D eigenvalue weighted by Crippen LogP contribution is 2.26. The van der Waals surface area contributed by atoms with Crippen molar-refractivity contribution in [2.45, 2.75) is 0 Å². The van der Waals surface area contributed by atoms with Gasteiger partial charge in [-0.15, -0.1) is 0 Å². The Labute approximate surface area is 80.5 Å². The van der Waals surface area contributed by atoms with Crippen LogP contribution in [0.3, 0.4) is 0 Å². The van der Waals surface area contributed by atoms with Gasteiger partial charge in [0.15, 0.2) is 0 Å². The molecule has 0 bridgehead atoms. The fraction of sp³-hybridized carbons (Fsp3) is 0.111. The number of nitrogens with two attached hydrogens (primary N) is 1. The molecule has 0 aliphatic heterocycles. The highest BCUT2D eigenvalue weighted by Gasteiger charge is 2.05. The molecule has 0 fully saturated rings. The van der Waals surface area contributed by atoms with E-state index in [1.807, 2.05) is 6.07 Å². The van der Waals surface area contributed by atoms with Crippen LogP contribution in [0.5, 0.6) is 5.75 Å². The summed E-state index contributed by atoms with van der Waals surface area (Å²) in [5, 5.41) is 3.70. The van der Waals surface area contributed by atoms with E-state index >= 15 is 0 Å². The molecule has 2 N–H and O–H groups in total. The van der Waals surface area contributed by atoms with Gasteiger partial charge in [0, 0.05) is 5.56 Å². The Morgan fingerprint density at radius 3 is 2.86 bits per heavy atom. The molecule has 0 saturated heterocycles. The highest BCUT2D eigenvalue weighted by atomic mass is 16.5. The van der Waals surface area contributed by atoms with E-state index in [2.05, 4.69) is 14.7 Å². The van der Waals surface area contributed by atoms with E-state index < -0.39 is 0 Å². The number of aromatic nitrogens is 2. The van der Waals surface area contributed by atoms with E-state index in [0.717, 1.165) is 5.56 Å². The van der Waals surface area contributed by atoms with Crippen molar-refractivity contribution in [3.8, 4) is 17.1 Å². The van der Waals surface area contributed by atoms with E-state index in [1.165, 1.54) is 6.39 Å². The molecular weight excluding hydrogens is 182 g/mol. The van der Waals surface area contributed by atoms with Crippen LogP contribution in [0.1, 0.15) is 0 Å². The number of benzene rings is 1. The molecule has 0 amide bonds. The molecule has 2 rings (SSSR count). The number of rotatable bonds is 2. The maximum Gasteiger partial charge on any atom is 0.214 e. The summed E-state index contributed by atoms with van der Waals surface area (Å²) in [6.07, 6.45) is 1.27. The molecule has 0 spiro atoms. The Hall–Kier alpha value is -2.04. The van der Waals surface area contributed by atoms with Crippen LogP contribution in [-0.2, 0) is 0 Å². The average molecular weight is 191 g/mol. The van der Waals surface area contributed by atoms with Crippen LogP contribution in [0.15, 0.2) is 29.1 Å². The zero-order valence-electron chi connectivity index (χ0n) is 7.60. The van der Waals surface area contributed by atoms with Crippen LogP contribution < -0.4 is 10.5 Å². The third-order valence-corrected chi connectivity index (χ3v) is 1.85. The first-order valence-corrected chi connectivity index (χ1v) is 4.01. The molecule has 0 radical (unpaired) electrons. The van der Waals surface area contributed by atoms with Crippen molar-refractivity contribution in [3.63, 3.8) is 0 Å². The Kier molecular flexibility index (Phi) is 2.06. The maximum atomic E-state index is 5.73. The molecule has 0 aliphatic rings. The van der Waals surface area contributed by atoms with Gasteiger partial charge >= 0.3 is 0 Å². The van der Waals surface area contributed by atoms with Crippen LogP contribution in [0.4, 0.5) is 5.69 Å². The molecule has 0 atom stereocenters. The van der Waals surface area contributed by atoms with E-state index in [9.17, 15) is 0 Å². The highest BCUT2D eigenvalue weighted by molar-refractivity contribution is 5.65. The molecule has 0 aliphatic carbocycles. The third-order valence-electron chi connectivity index (χ3n) is 1.85. The van der Waals surface area contributed by atoms with Crippen LogP contribution in [0.25, 0.3) is 11.4 Å². The van der Waals surface area contributed by atoms with E-state index in [1.54, 1.807) is 19.2 Å². The standard InChI is InChI=1S/C9H9N3O2/c1-13-8-3-2-6(4-7(8)10)9-11-5-14-12-9/h2-5H,10H2,1H3. The first kappa shape index (κ1) is 8.55. The molecule has 0 saturated carbocycles. The van der Waals surface area contributed by atoms with Crippen molar-refractivity contribution >= 4 is 5.69 Å². The second kappa shape index (κ2) is 3.37. The molecule has 1 heterocycles. The lowest BCUT2D eigenvalue weighted by Crippen LogP contribution is -1.92. The van der Waals surface area contributed by atoms with Gasteiger partial charge in [-0.1, -0.05) is 5.16 Å². The largest absolute Gasteiger partial charge is 0.495 e. The minimum absolute atomic E-state index is 0.513. The summed E-state index contributed by atoms with van der Waals surface area (Å²) in [5.74, 6) is 1.15. The van der Waals surface area contributed by atoms with E-state index in [-0.39, 0.29) is 0 Å². The topological polar surface area (TPSA) is 74.2 Å². The normalized spacial score (nSPS) is 10.1. The first-order valence-electron chi connectivity index (χ1n) is 4.01. The lowest BCUT2D eigenvalue weighted by Gasteiger charge is -2.04. The molecule has 2 aromatic rings. The second-order valence-corrected chi connectivity index (χ2v) is 2.71. The molecule has 5 heteroatoms. The lowest BCUT2D eigenvalue weighted by molar-refractivity contribution is 0.416. The zero-order chi connectivity index (χ0) is 9.97. The van der Waals surface area contributed by atoms with Gasteiger partial charge in [-0.2, -0.15) is 4.98 Å². The van der Waals surface area contributed by atoms with E-state index in [0.29, 0.717) is 17.3 Å². The minimum Gasteiger partial charge on any atom is -0.495 e. The van der Waals surface area contributed by atoms with Gasteiger partial charge in [-0.05, 0) is 18.2 Å². The average Bonchev–Trinajstić information content (AvgIpc) is 2.70. The predicted molar refractivity (Wildman–Crippen MR) is 50.7 cm³/mol. The first-order chi connectivity index (χ1) is 6.81. The van der Waals surface area contributed by atoms with Crippen molar-refractivity contribution in [2.75, 3.05) is 12.8 Å². The quantitative estimate of drug-likeness (QED) is 0.725. The summed E-state index contributed by atoms with van der Waals surface area (Å²) >= 11 is 0. The number of anilines is 1. The zero-order valence-corrected chi connectivity index (χ0v) is 7.60. The van der Waals surface area contributed by atoms with Crippen LogP contribution in [0.2, 0.25) is 0 Å². The van der Waals surface area contributed by atoms with Gasteiger partial charge in [-0.25, -0.2) is 0 Å². The van der Waals surface area contributed by atoms with Crippen molar-refractivity contribution in [1.29, 1.82) is 0 Å². The van der Waals surface area contributed by atoms with Crippen LogP contribution >= 0.6 is 0 Å². The fourth-order valence-electron chi connectivity index (χ4n) is 1.17. The Morgan fingerprint density at radius 2 is 2.29 bits per heavy atom. The number of methoxy groups -OCH3 is 1. The fourth-order valence-corrected chi connectivity index (χ4v) is 1.17. The number of hydrogen-bond acceptors (Lipinski definition) is 5.